The van der Waals surface area contributed by atoms with Gasteiger partial charge in [0.2, 0.25) is 0 Å². The summed E-state index contributed by atoms with van der Waals surface area (Å²) in [5.41, 5.74) is 1.07. The molecule has 0 aromatic rings. The zero-order chi connectivity index (χ0) is 16.5. The highest BCUT2D eigenvalue weighted by atomic mass is 15.2. The van der Waals surface area contributed by atoms with Crippen molar-refractivity contribution in [2.24, 2.45) is 16.8 Å². The number of rotatable bonds is 9. The van der Waals surface area contributed by atoms with Crippen LogP contribution in [0.5, 0.6) is 0 Å². The average molecular weight is 313 g/mol. The molecule has 0 N–H and O–H groups in total. The third-order valence-electron chi connectivity index (χ3n) is 4.51. The molecular formula is C21H32N2. The van der Waals surface area contributed by atoms with Crippen molar-refractivity contribution >= 4 is 5.84 Å². The van der Waals surface area contributed by atoms with Crippen LogP contribution in [0.15, 0.2) is 53.6 Å². The number of aliphatic imine (C=N–C) groups is 1. The Morgan fingerprint density at radius 3 is 2.30 bits per heavy atom. The maximum atomic E-state index is 4.84. The van der Waals surface area contributed by atoms with Crippen molar-refractivity contribution < 1.29 is 0 Å². The van der Waals surface area contributed by atoms with E-state index in [9.17, 15) is 0 Å². The molecule has 126 valence electrons. The van der Waals surface area contributed by atoms with Crippen molar-refractivity contribution in [3.05, 3.63) is 48.6 Å². The van der Waals surface area contributed by atoms with Gasteiger partial charge in [-0.15, -0.1) is 0 Å². The van der Waals surface area contributed by atoms with E-state index in [1.54, 1.807) is 0 Å². The fourth-order valence-corrected chi connectivity index (χ4v) is 2.77. The van der Waals surface area contributed by atoms with Crippen LogP contribution in [0.4, 0.5) is 0 Å². The predicted octanol–water partition coefficient (Wildman–Crippen LogP) is 5.16. The topological polar surface area (TPSA) is 15.6 Å². The molecule has 0 aromatic heterocycles. The Morgan fingerprint density at radius 1 is 1.09 bits per heavy atom. The third kappa shape index (κ3) is 7.02. The highest BCUT2D eigenvalue weighted by molar-refractivity contribution is 5.93. The van der Waals surface area contributed by atoms with E-state index in [1.807, 2.05) is 19.1 Å². The van der Waals surface area contributed by atoms with E-state index in [1.165, 1.54) is 51.0 Å². The molecular weight excluding hydrogens is 280 g/mol. The van der Waals surface area contributed by atoms with Crippen molar-refractivity contribution in [2.75, 3.05) is 19.6 Å². The van der Waals surface area contributed by atoms with Crippen LogP contribution in [0.3, 0.4) is 0 Å². The minimum atomic E-state index is 0.742. The molecule has 2 fully saturated rings. The van der Waals surface area contributed by atoms with Crippen LogP contribution in [-0.2, 0) is 0 Å². The van der Waals surface area contributed by atoms with Gasteiger partial charge in [-0.3, -0.25) is 4.99 Å². The highest BCUT2D eigenvalue weighted by Crippen LogP contribution is 2.32. The molecule has 0 bridgehead atoms. The van der Waals surface area contributed by atoms with Crippen molar-refractivity contribution in [1.29, 1.82) is 0 Å². The van der Waals surface area contributed by atoms with Crippen molar-refractivity contribution in [1.82, 2.24) is 4.90 Å². The van der Waals surface area contributed by atoms with Gasteiger partial charge in [-0.25, -0.2) is 0 Å². The number of hydrogen-bond acceptors (Lipinski definition) is 1. The summed E-state index contributed by atoms with van der Waals surface area (Å²) in [6.07, 6.45) is 19.5. The lowest BCUT2D eigenvalue weighted by atomic mass is 9.85. The lowest BCUT2D eigenvalue weighted by Crippen LogP contribution is -2.38. The Kier molecular flexibility index (Phi) is 7.38. The second-order valence-corrected chi connectivity index (χ2v) is 6.98. The van der Waals surface area contributed by atoms with E-state index in [-0.39, 0.29) is 0 Å². The van der Waals surface area contributed by atoms with Gasteiger partial charge >= 0.3 is 0 Å². The largest absolute Gasteiger partial charge is 0.356 e. The van der Waals surface area contributed by atoms with Crippen LogP contribution in [-0.4, -0.2) is 30.4 Å². The van der Waals surface area contributed by atoms with Gasteiger partial charge in [-0.05, 0) is 57.4 Å². The lowest BCUT2D eigenvalue weighted by Gasteiger charge is -2.33. The Bertz CT molecular complexity index is 488. The molecule has 2 nitrogen and oxygen atoms in total. The van der Waals surface area contributed by atoms with E-state index < -0.39 is 0 Å². The SMILES string of the molecule is C=C(C)/C=C\C=C/CN=C(/C=C\C)N(CC1CCC1)CC1CC1. The Balaban J connectivity index is 1.93. The number of hydrogen-bond donors (Lipinski definition) is 0. The molecule has 2 aliphatic rings. The maximum absolute atomic E-state index is 4.84. The summed E-state index contributed by atoms with van der Waals surface area (Å²) in [4.78, 5) is 7.38. The lowest BCUT2D eigenvalue weighted by molar-refractivity contribution is 0.235. The zero-order valence-corrected chi connectivity index (χ0v) is 14.9. The molecule has 0 amide bonds. The quantitative estimate of drug-likeness (QED) is 0.326. The monoisotopic (exact) mass is 312 g/mol. The van der Waals surface area contributed by atoms with E-state index in [4.69, 9.17) is 4.99 Å². The molecule has 2 heteroatoms. The Labute approximate surface area is 142 Å². The summed E-state index contributed by atoms with van der Waals surface area (Å²) in [5.74, 6) is 2.96. The molecule has 0 aliphatic heterocycles. The smallest absolute Gasteiger partial charge is 0.123 e. The molecule has 2 rings (SSSR count). The molecule has 0 atom stereocenters. The molecule has 0 saturated heterocycles. The predicted molar refractivity (Wildman–Crippen MR) is 102 cm³/mol. The summed E-state index contributed by atoms with van der Waals surface area (Å²) in [6.45, 7) is 11.1. The summed E-state index contributed by atoms with van der Waals surface area (Å²) in [6, 6.07) is 0. The molecule has 0 aromatic carbocycles. The average Bonchev–Trinajstić information content (AvgIpc) is 3.27. The summed E-state index contributed by atoms with van der Waals surface area (Å²) in [7, 11) is 0. The molecule has 0 radical (unpaired) electrons. The molecule has 2 saturated carbocycles. The first-order valence-electron chi connectivity index (χ1n) is 9.10. The van der Waals surface area contributed by atoms with Gasteiger partial charge in [0.15, 0.2) is 0 Å². The fourth-order valence-electron chi connectivity index (χ4n) is 2.77. The van der Waals surface area contributed by atoms with Crippen molar-refractivity contribution in [3.63, 3.8) is 0 Å². The molecule has 23 heavy (non-hydrogen) atoms. The zero-order valence-electron chi connectivity index (χ0n) is 14.9. The summed E-state index contributed by atoms with van der Waals surface area (Å²) in [5, 5.41) is 0. The van der Waals surface area contributed by atoms with Crippen molar-refractivity contribution in [3.8, 4) is 0 Å². The van der Waals surface area contributed by atoms with Gasteiger partial charge in [0.25, 0.3) is 0 Å². The van der Waals surface area contributed by atoms with Crippen molar-refractivity contribution in [2.45, 2.75) is 46.0 Å². The highest BCUT2D eigenvalue weighted by Gasteiger charge is 2.28. The minimum Gasteiger partial charge on any atom is -0.356 e. The first-order chi connectivity index (χ1) is 11.2. The van der Waals surface area contributed by atoms with Crippen LogP contribution >= 0.6 is 0 Å². The number of allylic oxidation sites excluding steroid dienone is 5. The second kappa shape index (κ2) is 9.54. The van der Waals surface area contributed by atoms with Crippen LogP contribution in [0, 0.1) is 11.8 Å². The van der Waals surface area contributed by atoms with Gasteiger partial charge in [0, 0.05) is 13.1 Å². The number of amidine groups is 1. The van der Waals surface area contributed by atoms with E-state index in [0.717, 1.165) is 24.0 Å². The van der Waals surface area contributed by atoms with Gasteiger partial charge in [0.05, 0.1) is 6.54 Å². The molecule has 0 heterocycles. The van der Waals surface area contributed by atoms with Gasteiger partial charge in [0.1, 0.15) is 5.84 Å². The summed E-state index contributed by atoms with van der Waals surface area (Å²) < 4.78 is 0. The molecule has 0 spiro atoms. The standard InChI is InChI=1S/C21H32N2/c1-4-9-21(22-15-7-5-6-10-18(2)3)23(17-20-13-14-20)16-19-11-8-12-19/h4-7,9-10,19-20H,2,8,11-17H2,1,3H3/b7-5-,9-4-,10-6-,22-21?. The van der Waals surface area contributed by atoms with E-state index in [0.29, 0.717) is 0 Å². The van der Waals surface area contributed by atoms with E-state index in [2.05, 4.69) is 42.7 Å². The maximum Gasteiger partial charge on any atom is 0.123 e. The normalized spacial score (nSPS) is 19.8. The van der Waals surface area contributed by atoms with Crippen LogP contribution in [0.25, 0.3) is 0 Å². The first-order valence-corrected chi connectivity index (χ1v) is 9.10. The third-order valence-corrected chi connectivity index (χ3v) is 4.51. The summed E-state index contributed by atoms with van der Waals surface area (Å²) >= 11 is 0. The second-order valence-electron chi connectivity index (χ2n) is 6.98. The van der Waals surface area contributed by atoms with Gasteiger partial charge in [-0.2, -0.15) is 0 Å². The molecule has 2 aliphatic carbocycles. The van der Waals surface area contributed by atoms with Gasteiger partial charge in [-0.1, -0.05) is 49.0 Å². The Morgan fingerprint density at radius 2 is 1.78 bits per heavy atom. The van der Waals surface area contributed by atoms with Crippen LogP contribution in [0.1, 0.15) is 46.0 Å². The van der Waals surface area contributed by atoms with Gasteiger partial charge < -0.3 is 4.90 Å². The Hall–Kier alpha value is -1.57. The van der Waals surface area contributed by atoms with Crippen LogP contribution < -0.4 is 0 Å². The van der Waals surface area contributed by atoms with Crippen LogP contribution in [0.2, 0.25) is 0 Å². The number of nitrogens with zero attached hydrogens (tertiary/aromatic N) is 2. The first kappa shape index (κ1) is 17.8. The fraction of sp³-hybridized carbons (Fsp3) is 0.571. The minimum absolute atomic E-state index is 0.742. The van der Waals surface area contributed by atoms with E-state index >= 15 is 0 Å². The molecule has 0 unspecified atom stereocenters.